The van der Waals surface area contributed by atoms with Gasteiger partial charge in [-0.15, -0.1) is 0 Å². The normalized spacial score (nSPS) is 11.2. The van der Waals surface area contributed by atoms with Crippen LogP contribution in [0.3, 0.4) is 0 Å². The highest BCUT2D eigenvalue weighted by molar-refractivity contribution is 7.89. The lowest BCUT2D eigenvalue weighted by molar-refractivity contribution is 0.0734. The molecule has 7 heteroatoms. The lowest BCUT2D eigenvalue weighted by atomic mass is 10.1. The van der Waals surface area contributed by atoms with Crippen molar-refractivity contribution in [1.29, 1.82) is 5.26 Å². The first-order valence-corrected chi connectivity index (χ1v) is 9.64. The fourth-order valence-electron chi connectivity index (χ4n) is 2.43. The molecule has 0 atom stereocenters. The predicted octanol–water partition coefficient (Wildman–Crippen LogP) is 3.00. The molecule has 0 fully saturated rings. The lowest BCUT2D eigenvalue weighted by Gasteiger charge is -2.18. The molecule has 6 nitrogen and oxygen atoms in total. The van der Waals surface area contributed by atoms with E-state index in [9.17, 15) is 13.2 Å². The molecule has 0 unspecified atom stereocenters. The van der Waals surface area contributed by atoms with E-state index < -0.39 is 16.0 Å². The zero-order chi connectivity index (χ0) is 19.2. The molecule has 0 aromatic heterocycles. The van der Waals surface area contributed by atoms with Crippen LogP contribution in [-0.4, -0.2) is 31.8 Å². The van der Waals surface area contributed by atoms with Gasteiger partial charge in [-0.1, -0.05) is 32.0 Å². The number of hydrogen-bond acceptors (Lipinski definition) is 5. The number of carbonyl (C=O) groups is 1. The molecule has 0 heterocycles. The molecule has 26 heavy (non-hydrogen) atoms. The molecule has 0 saturated carbocycles. The van der Waals surface area contributed by atoms with Gasteiger partial charge in [0.05, 0.1) is 22.9 Å². The number of nitriles is 1. The quantitative estimate of drug-likeness (QED) is 0.551. The van der Waals surface area contributed by atoms with Gasteiger partial charge in [-0.3, -0.25) is 0 Å². The maximum absolute atomic E-state index is 12.6. The number of nitrogens with zero attached hydrogens (tertiary/aromatic N) is 2. The second kappa shape index (κ2) is 8.61. The SMILES string of the molecule is CCN(CC)S(=O)(=O)c1cccc(C(=O)Oc2ccc(CC#N)cc2)c1. The van der Waals surface area contributed by atoms with Gasteiger partial charge in [0.25, 0.3) is 0 Å². The van der Waals surface area contributed by atoms with Crippen LogP contribution in [0.4, 0.5) is 0 Å². The molecular formula is C19H20N2O4S. The summed E-state index contributed by atoms with van der Waals surface area (Å²) in [5, 5.41) is 8.66. The third kappa shape index (κ3) is 4.48. The first kappa shape index (κ1) is 19.6. The Labute approximate surface area is 153 Å². The second-order valence-corrected chi connectivity index (χ2v) is 7.42. The van der Waals surface area contributed by atoms with Crippen LogP contribution < -0.4 is 4.74 Å². The van der Waals surface area contributed by atoms with E-state index in [4.69, 9.17) is 10.00 Å². The Morgan fingerprint density at radius 1 is 1.12 bits per heavy atom. The van der Waals surface area contributed by atoms with Crippen LogP contribution in [0.15, 0.2) is 53.4 Å². The number of ether oxygens (including phenoxy) is 1. The molecule has 0 amide bonds. The topological polar surface area (TPSA) is 87.5 Å². The average Bonchev–Trinajstić information content (AvgIpc) is 2.64. The summed E-state index contributed by atoms with van der Waals surface area (Å²) in [7, 11) is -3.65. The Morgan fingerprint density at radius 3 is 2.35 bits per heavy atom. The summed E-state index contributed by atoms with van der Waals surface area (Å²) in [6.45, 7) is 4.22. The van der Waals surface area contributed by atoms with E-state index in [-0.39, 0.29) is 16.9 Å². The highest BCUT2D eigenvalue weighted by Crippen LogP contribution is 2.19. The monoisotopic (exact) mass is 372 g/mol. The van der Waals surface area contributed by atoms with Crippen LogP contribution in [0.2, 0.25) is 0 Å². The summed E-state index contributed by atoms with van der Waals surface area (Å²) in [6.07, 6.45) is 0.277. The molecule has 2 aromatic carbocycles. The number of esters is 1. The van der Waals surface area contributed by atoms with Crippen LogP contribution in [0.25, 0.3) is 0 Å². The van der Waals surface area contributed by atoms with Gasteiger partial charge >= 0.3 is 5.97 Å². The summed E-state index contributed by atoms with van der Waals surface area (Å²) in [4.78, 5) is 12.4. The summed E-state index contributed by atoms with van der Waals surface area (Å²) in [6, 6.07) is 14.4. The van der Waals surface area contributed by atoms with Crippen molar-refractivity contribution in [2.75, 3.05) is 13.1 Å². The number of carbonyl (C=O) groups excluding carboxylic acids is 1. The minimum absolute atomic E-state index is 0.0556. The fraction of sp³-hybridized carbons (Fsp3) is 0.263. The molecule has 0 radical (unpaired) electrons. The molecule has 0 aliphatic heterocycles. The average molecular weight is 372 g/mol. The number of hydrogen-bond donors (Lipinski definition) is 0. The highest BCUT2D eigenvalue weighted by Gasteiger charge is 2.22. The fourth-order valence-corrected chi connectivity index (χ4v) is 3.93. The Balaban J connectivity index is 2.21. The molecule has 0 N–H and O–H groups in total. The predicted molar refractivity (Wildman–Crippen MR) is 97.3 cm³/mol. The number of benzene rings is 2. The van der Waals surface area contributed by atoms with Gasteiger partial charge in [0.2, 0.25) is 10.0 Å². The van der Waals surface area contributed by atoms with E-state index in [1.807, 2.05) is 6.07 Å². The van der Waals surface area contributed by atoms with Crippen molar-refractivity contribution in [2.24, 2.45) is 0 Å². The minimum Gasteiger partial charge on any atom is -0.423 e. The van der Waals surface area contributed by atoms with Gasteiger partial charge in [-0.2, -0.15) is 9.57 Å². The van der Waals surface area contributed by atoms with Gasteiger partial charge in [-0.25, -0.2) is 13.2 Å². The number of rotatable bonds is 7. The van der Waals surface area contributed by atoms with Crippen LogP contribution in [0, 0.1) is 11.3 Å². The smallest absolute Gasteiger partial charge is 0.343 e. The van der Waals surface area contributed by atoms with Crippen LogP contribution in [0.5, 0.6) is 5.75 Å². The van der Waals surface area contributed by atoms with Crippen molar-refractivity contribution in [3.05, 3.63) is 59.7 Å². The highest BCUT2D eigenvalue weighted by atomic mass is 32.2. The first-order valence-electron chi connectivity index (χ1n) is 8.20. The van der Waals surface area contributed by atoms with E-state index >= 15 is 0 Å². The third-order valence-electron chi connectivity index (χ3n) is 3.83. The standard InChI is InChI=1S/C19H20N2O4S/c1-3-21(4-2)26(23,24)18-7-5-6-16(14-18)19(22)25-17-10-8-15(9-11-17)12-13-20/h5-11,14H,3-4,12H2,1-2H3. The van der Waals surface area contributed by atoms with Gasteiger partial charge in [-0.05, 0) is 35.9 Å². The summed E-state index contributed by atoms with van der Waals surface area (Å²) < 4.78 is 31.8. The lowest BCUT2D eigenvalue weighted by Crippen LogP contribution is -2.30. The van der Waals surface area contributed by atoms with Crippen molar-refractivity contribution in [3.63, 3.8) is 0 Å². The van der Waals surface area contributed by atoms with Gasteiger partial charge < -0.3 is 4.74 Å². The summed E-state index contributed by atoms with van der Waals surface area (Å²) in [5.41, 5.74) is 0.971. The molecule has 0 saturated heterocycles. The van der Waals surface area contributed by atoms with E-state index in [0.717, 1.165) is 5.56 Å². The van der Waals surface area contributed by atoms with Crippen molar-refractivity contribution >= 4 is 16.0 Å². The maximum Gasteiger partial charge on any atom is 0.343 e. The zero-order valence-electron chi connectivity index (χ0n) is 14.7. The summed E-state index contributed by atoms with van der Waals surface area (Å²) in [5.74, 6) is -0.316. The largest absolute Gasteiger partial charge is 0.423 e. The van der Waals surface area contributed by atoms with E-state index in [1.165, 1.54) is 28.6 Å². The van der Waals surface area contributed by atoms with Crippen LogP contribution in [0.1, 0.15) is 29.8 Å². The Bertz CT molecular complexity index is 911. The van der Waals surface area contributed by atoms with Gasteiger partial charge in [0, 0.05) is 13.1 Å². The molecule has 0 spiro atoms. The van der Waals surface area contributed by atoms with Crippen LogP contribution >= 0.6 is 0 Å². The Kier molecular flexibility index (Phi) is 6.50. The van der Waals surface area contributed by atoms with Crippen molar-refractivity contribution in [3.8, 4) is 11.8 Å². The van der Waals surface area contributed by atoms with Crippen molar-refractivity contribution < 1.29 is 17.9 Å². The van der Waals surface area contributed by atoms with E-state index in [0.29, 0.717) is 18.8 Å². The molecule has 2 rings (SSSR count). The van der Waals surface area contributed by atoms with Gasteiger partial charge in [0.15, 0.2) is 0 Å². The minimum atomic E-state index is -3.65. The molecular weight excluding hydrogens is 352 g/mol. The van der Waals surface area contributed by atoms with E-state index in [2.05, 4.69) is 0 Å². The maximum atomic E-state index is 12.6. The van der Waals surface area contributed by atoms with Crippen molar-refractivity contribution in [2.45, 2.75) is 25.2 Å². The first-order chi connectivity index (χ1) is 12.4. The van der Waals surface area contributed by atoms with Gasteiger partial charge in [0.1, 0.15) is 5.75 Å². The van der Waals surface area contributed by atoms with Crippen LogP contribution in [-0.2, 0) is 16.4 Å². The zero-order valence-corrected chi connectivity index (χ0v) is 15.5. The molecule has 0 aliphatic rings. The Hall–Kier alpha value is -2.69. The Morgan fingerprint density at radius 2 is 1.77 bits per heavy atom. The number of sulfonamides is 1. The molecule has 0 aliphatic carbocycles. The second-order valence-electron chi connectivity index (χ2n) is 5.49. The van der Waals surface area contributed by atoms with E-state index in [1.54, 1.807) is 38.1 Å². The van der Waals surface area contributed by atoms with Crippen molar-refractivity contribution in [1.82, 2.24) is 4.31 Å². The third-order valence-corrected chi connectivity index (χ3v) is 5.88. The molecule has 2 aromatic rings. The summed E-state index contributed by atoms with van der Waals surface area (Å²) >= 11 is 0. The molecule has 136 valence electrons. The molecule has 0 bridgehead atoms.